The van der Waals surface area contributed by atoms with Gasteiger partial charge in [-0.15, -0.1) is 11.3 Å². The predicted octanol–water partition coefficient (Wildman–Crippen LogP) is 4.07. The number of carbonyl (C=O) groups is 3. The van der Waals surface area contributed by atoms with Crippen molar-refractivity contribution in [3.63, 3.8) is 0 Å². The number of hydrogen-bond donors (Lipinski definition) is 1. The van der Waals surface area contributed by atoms with E-state index in [0.717, 1.165) is 11.3 Å². The maximum Gasteiger partial charge on any atom is 0.261 e. The van der Waals surface area contributed by atoms with Gasteiger partial charge in [0.05, 0.1) is 23.4 Å². The van der Waals surface area contributed by atoms with Crippen molar-refractivity contribution < 1.29 is 14.4 Å². The van der Waals surface area contributed by atoms with E-state index in [9.17, 15) is 14.4 Å². The van der Waals surface area contributed by atoms with Gasteiger partial charge >= 0.3 is 0 Å². The highest BCUT2D eigenvalue weighted by molar-refractivity contribution is 7.14. The summed E-state index contributed by atoms with van der Waals surface area (Å²) in [5, 5.41) is 5.43. The molecule has 0 unspecified atom stereocenters. The summed E-state index contributed by atoms with van der Waals surface area (Å²) in [6, 6.07) is 13.7. The molecule has 2 heterocycles. The molecule has 1 saturated carbocycles. The third-order valence-corrected chi connectivity index (χ3v) is 5.95. The van der Waals surface area contributed by atoms with Crippen molar-refractivity contribution in [2.75, 3.05) is 5.32 Å². The average Bonchev–Trinajstić information content (AvgIpc) is 3.45. The van der Waals surface area contributed by atoms with Crippen LogP contribution in [0.15, 0.2) is 53.9 Å². The Morgan fingerprint density at radius 1 is 1.03 bits per heavy atom. The zero-order valence-electron chi connectivity index (χ0n) is 15.4. The van der Waals surface area contributed by atoms with Crippen LogP contribution in [0.5, 0.6) is 0 Å². The van der Waals surface area contributed by atoms with E-state index in [0.29, 0.717) is 27.7 Å². The molecule has 0 spiro atoms. The van der Waals surface area contributed by atoms with Crippen LogP contribution in [0, 0.1) is 0 Å². The number of rotatable bonds is 5. The van der Waals surface area contributed by atoms with Crippen molar-refractivity contribution in [3.8, 4) is 0 Å². The minimum Gasteiger partial charge on any atom is -0.298 e. The van der Waals surface area contributed by atoms with E-state index in [2.05, 4.69) is 10.3 Å². The highest BCUT2D eigenvalue weighted by Gasteiger charge is 2.34. The fourth-order valence-corrected chi connectivity index (χ4v) is 4.19. The minimum atomic E-state index is -0.289. The number of carbonyl (C=O) groups excluding carboxylic acids is 3. The standard InChI is InChI=1S/C22H17N3O3S/c26-19(24-22-23-18(12-29-22)14-9-10-14)15-7-5-13(6-8-15)11-25-20(27)16-3-1-2-4-17(16)21(25)28/h1-8,12,14H,9-11H2,(H,23,24,26). The lowest BCUT2D eigenvalue weighted by molar-refractivity contribution is 0.0642. The molecule has 7 heteroatoms. The van der Waals surface area contributed by atoms with Crippen molar-refractivity contribution >= 4 is 34.2 Å². The Kier molecular flexibility index (Phi) is 4.24. The molecular formula is C22H17N3O3S. The molecule has 144 valence electrons. The summed E-state index contributed by atoms with van der Waals surface area (Å²) >= 11 is 1.44. The molecule has 1 aliphatic heterocycles. The summed E-state index contributed by atoms with van der Waals surface area (Å²) in [5.74, 6) is -0.252. The van der Waals surface area contributed by atoms with Gasteiger partial charge in [-0.3, -0.25) is 24.6 Å². The van der Waals surface area contributed by atoms with E-state index < -0.39 is 0 Å². The lowest BCUT2D eigenvalue weighted by Gasteiger charge is -2.14. The van der Waals surface area contributed by atoms with E-state index in [-0.39, 0.29) is 24.3 Å². The Morgan fingerprint density at radius 3 is 2.31 bits per heavy atom. The summed E-state index contributed by atoms with van der Waals surface area (Å²) in [6.45, 7) is 0.172. The Morgan fingerprint density at radius 2 is 1.69 bits per heavy atom. The molecule has 0 atom stereocenters. The Labute approximate surface area is 171 Å². The zero-order valence-corrected chi connectivity index (χ0v) is 16.2. The highest BCUT2D eigenvalue weighted by atomic mass is 32.1. The highest BCUT2D eigenvalue weighted by Crippen LogP contribution is 2.40. The quantitative estimate of drug-likeness (QED) is 0.652. The van der Waals surface area contributed by atoms with E-state index in [1.54, 1.807) is 48.5 Å². The first-order chi connectivity index (χ1) is 14.1. The van der Waals surface area contributed by atoms with Crippen LogP contribution in [0.1, 0.15) is 61.1 Å². The molecule has 3 amide bonds. The maximum absolute atomic E-state index is 12.5. The van der Waals surface area contributed by atoms with Crippen LogP contribution >= 0.6 is 11.3 Å². The first-order valence-corrected chi connectivity index (χ1v) is 10.3. The predicted molar refractivity (Wildman–Crippen MR) is 109 cm³/mol. The number of nitrogens with one attached hydrogen (secondary N) is 1. The Hall–Kier alpha value is -3.32. The third kappa shape index (κ3) is 3.34. The SMILES string of the molecule is O=C(Nc1nc(C2CC2)cs1)c1ccc(CN2C(=O)c3ccccc3C2=O)cc1. The normalized spacial score (nSPS) is 15.5. The van der Waals surface area contributed by atoms with Crippen LogP contribution in [0.4, 0.5) is 5.13 Å². The van der Waals surface area contributed by atoms with E-state index >= 15 is 0 Å². The summed E-state index contributed by atoms with van der Waals surface area (Å²) in [7, 11) is 0. The topological polar surface area (TPSA) is 79.4 Å². The number of imide groups is 1. The monoisotopic (exact) mass is 403 g/mol. The second-order valence-electron chi connectivity index (χ2n) is 7.24. The largest absolute Gasteiger partial charge is 0.298 e. The second-order valence-corrected chi connectivity index (χ2v) is 8.10. The molecule has 6 nitrogen and oxygen atoms in total. The number of hydrogen-bond acceptors (Lipinski definition) is 5. The number of fused-ring (bicyclic) bond motifs is 1. The van der Waals surface area contributed by atoms with Gasteiger partial charge < -0.3 is 0 Å². The Balaban J connectivity index is 1.26. The van der Waals surface area contributed by atoms with Gasteiger partial charge in [0.2, 0.25) is 0 Å². The van der Waals surface area contributed by atoms with Gasteiger partial charge in [0, 0.05) is 16.9 Å². The molecule has 2 aromatic carbocycles. The fraction of sp³-hybridized carbons (Fsp3) is 0.182. The van der Waals surface area contributed by atoms with E-state index in [4.69, 9.17) is 0 Å². The molecule has 0 radical (unpaired) electrons. The van der Waals surface area contributed by atoms with Crippen LogP contribution in [0.2, 0.25) is 0 Å². The van der Waals surface area contributed by atoms with Gasteiger partial charge in [-0.2, -0.15) is 0 Å². The summed E-state index contributed by atoms with van der Waals surface area (Å²) < 4.78 is 0. The number of amides is 3. The van der Waals surface area contributed by atoms with Crippen molar-refractivity contribution in [1.29, 1.82) is 0 Å². The summed E-state index contributed by atoms with van der Waals surface area (Å²) in [6.07, 6.45) is 2.34. The molecular weight excluding hydrogens is 386 g/mol. The van der Waals surface area contributed by atoms with Gasteiger partial charge in [0.25, 0.3) is 17.7 Å². The maximum atomic E-state index is 12.5. The summed E-state index contributed by atoms with van der Waals surface area (Å²) in [5.41, 5.74) is 3.20. The number of anilines is 1. The smallest absolute Gasteiger partial charge is 0.261 e. The van der Waals surface area contributed by atoms with Crippen LogP contribution in [-0.4, -0.2) is 27.6 Å². The number of benzene rings is 2. The Bertz CT molecular complexity index is 1100. The van der Waals surface area contributed by atoms with Crippen molar-refractivity contribution in [2.45, 2.75) is 25.3 Å². The van der Waals surface area contributed by atoms with Crippen LogP contribution in [0.25, 0.3) is 0 Å². The fourth-order valence-electron chi connectivity index (χ4n) is 3.41. The number of aromatic nitrogens is 1. The molecule has 1 fully saturated rings. The number of thiazole rings is 1. The minimum absolute atomic E-state index is 0.172. The average molecular weight is 403 g/mol. The molecule has 1 aromatic heterocycles. The van der Waals surface area contributed by atoms with E-state index in [1.165, 1.54) is 29.1 Å². The third-order valence-electron chi connectivity index (χ3n) is 5.17. The first-order valence-electron chi connectivity index (χ1n) is 9.41. The number of nitrogens with zero attached hydrogens (tertiary/aromatic N) is 2. The van der Waals surface area contributed by atoms with Crippen LogP contribution in [-0.2, 0) is 6.54 Å². The molecule has 0 saturated heterocycles. The first kappa shape index (κ1) is 17.8. The summed E-state index contributed by atoms with van der Waals surface area (Å²) in [4.78, 5) is 43.1. The molecule has 5 rings (SSSR count). The van der Waals surface area contributed by atoms with Crippen LogP contribution < -0.4 is 5.32 Å². The second kappa shape index (κ2) is 6.93. The molecule has 2 aliphatic rings. The van der Waals surface area contributed by atoms with Crippen molar-refractivity contribution in [3.05, 3.63) is 81.9 Å². The molecule has 1 N–H and O–H groups in total. The molecule has 29 heavy (non-hydrogen) atoms. The zero-order chi connectivity index (χ0) is 20.0. The van der Waals surface area contributed by atoms with Gasteiger partial charge in [0.1, 0.15) is 0 Å². The van der Waals surface area contributed by atoms with Crippen molar-refractivity contribution in [1.82, 2.24) is 9.88 Å². The molecule has 0 bridgehead atoms. The molecule has 1 aliphatic carbocycles. The van der Waals surface area contributed by atoms with E-state index in [1.807, 2.05) is 5.38 Å². The van der Waals surface area contributed by atoms with Gasteiger partial charge in [-0.25, -0.2) is 4.98 Å². The van der Waals surface area contributed by atoms with Crippen LogP contribution in [0.3, 0.4) is 0 Å². The van der Waals surface area contributed by atoms with Gasteiger partial charge in [-0.1, -0.05) is 24.3 Å². The lowest BCUT2D eigenvalue weighted by atomic mass is 10.1. The van der Waals surface area contributed by atoms with Crippen molar-refractivity contribution in [2.24, 2.45) is 0 Å². The lowest BCUT2D eigenvalue weighted by Crippen LogP contribution is -2.29. The van der Waals surface area contributed by atoms with Gasteiger partial charge in [0.15, 0.2) is 5.13 Å². The van der Waals surface area contributed by atoms with Gasteiger partial charge in [-0.05, 0) is 42.7 Å². The molecule has 3 aromatic rings.